The number of carbonyl (C=O) groups excluding carboxylic acids is 1. The van der Waals surface area contributed by atoms with Crippen LogP contribution >= 0.6 is 0 Å². The van der Waals surface area contributed by atoms with Gasteiger partial charge in [0.1, 0.15) is 12.4 Å². The standard InChI is InChI=1S/C22H29N7O/c1-2-20-26-18-7-3-4-8-19(18)29(20)17-21(30)23-11-6-12-27-13-15-28(16-14-27)22-24-9-5-10-25-22/h3-5,7-10H,2,6,11-17H2,1H3,(H,23,30). The molecule has 30 heavy (non-hydrogen) atoms. The fraction of sp³-hybridized carbons (Fsp3) is 0.455. The minimum Gasteiger partial charge on any atom is -0.355 e. The molecule has 0 saturated carbocycles. The molecule has 8 nitrogen and oxygen atoms in total. The number of benzene rings is 1. The molecule has 0 radical (unpaired) electrons. The van der Waals surface area contributed by atoms with Gasteiger partial charge in [-0.3, -0.25) is 9.69 Å². The number of hydrogen-bond acceptors (Lipinski definition) is 6. The molecular weight excluding hydrogens is 378 g/mol. The van der Waals surface area contributed by atoms with Gasteiger partial charge in [-0.15, -0.1) is 0 Å². The summed E-state index contributed by atoms with van der Waals surface area (Å²) >= 11 is 0. The molecule has 1 aliphatic rings. The molecule has 1 aromatic carbocycles. The molecule has 0 atom stereocenters. The Morgan fingerprint density at radius 2 is 1.83 bits per heavy atom. The maximum atomic E-state index is 12.5. The molecular formula is C22H29N7O. The Balaban J connectivity index is 1.19. The predicted molar refractivity (Wildman–Crippen MR) is 117 cm³/mol. The van der Waals surface area contributed by atoms with Crippen molar-refractivity contribution in [2.24, 2.45) is 0 Å². The highest BCUT2D eigenvalue weighted by Gasteiger charge is 2.18. The largest absolute Gasteiger partial charge is 0.355 e. The number of amides is 1. The van der Waals surface area contributed by atoms with Crippen molar-refractivity contribution in [3.05, 3.63) is 48.5 Å². The third kappa shape index (κ3) is 4.76. The third-order valence-electron chi connectivity index (χ3n) is 5.53. The van der Waals surface area contributed by atoms with Gasteiger partial charge in [0.15, 0.2) is 0 Å². The molecule has 1 N–H and O–H groups in total. The lowest BCUT2D eigenvalue weighted by Crippen LogP contribution is -2.47. The number of hydrogen-bond donors (Lipinski definition) is 1. The monoisotopic (exact) mass is 407 g/mol. The molecule has 4 rings (SSSR count). The summed E-state index contributed by atoms with van der Waals surface area (Å²) in [4.78, 5) is 30.4. The summed E-state index contributed by atoms with van der Waals surface area (Å²) in [7, 11) is 0. The first kappa shape index (κ1) is 20.3. The zero-order valence-corrected chi connectivity index (χ0v) is 17.5. The molecule has 0 aliphatic carbocycles. The van der Waals surface area contributed by atoms with Crippen molar-refractivity contribution in [3.8, 4) is 0 Å². The second-order valence-corrected chi connectivity index (χ2v) is 7.54. The van der Waals surface area contributed by atoms with E-state index in [1.54, 1.807) is 12.4 Å². The zero-order chi connectivity index (χ0) is 20.8. The van der Waals surface area contributed by atoms with E-state index in [4.69, 9.17) is 0 Å². The molecule has 0 spiro atoms. The van der Waals surface area contributed by atoms with E-state index in [1.165, 1.54) is 0 Å². The fourth-order valence-electron chi connectivity index (χ4n) is 3.93. The van der Waals surface area contributed by atoms with Crippen LogP contribution in [-0.4, -0.2) is 69.6 Å². The molecule has 158 valence electrons. The molecule has 1 amide bonds. The van der Waals surface area contributed by atoms with Crippen LogP contribution in [0.1, 0.15) is 19.2 Å². The maximum absolute atomic E-state index is 12.5. The SMILES string of the molecule is CCc1nc2ccccc2n1CC(=O)NCCCN1CCN(c2ncccn2)CC1. The number of anilines is 1. The number of piperazine rings is 1. The van der Waals surface area contributed by atoms with Crippen molar-refractivity contribution in [2.75, 3.05) is 44.2 Å². The summed E-state index contributed by atoms with van der Waals surface area (Å²) in [6, 6.07) is 9.82. The number of imidazole rings is 1. The smallest absolute Gasteiger partial charge is 0.240 e. The van der Waals surface area contributed by atoms with Crippen LogP contribution in [-0.2, 0) is 17.8 Å². The Labute approximate surface area is 176 Å². The predicted octanol–water partition coefficient (Wildman–Crippen LogP) is 1.72. The van der Waals surface area contributed by atoms with Crippen molar-refractivity contribution < 1.29 is 4.79 Å². The minimum absolute atomic E-state index is 0.0406. The van der Waals surface area contributed by atoms with E-state index >= 15 is 0 Å². The maximum Gasteiger partial charge on any atom is 0.240 e. The first-order valence-corrected chi connectivity index (χ1v) is 10.7. The normalized spacial score (nSPS) is 14.9. The lowest BCUT2D eigenvalue weighted by molar-refractivity contribution is -0.121. The summed E-state index contributed by atoms with van der Waals surface area (Å²) in [5.74, 6) is 1.80. The van der Waals surface area contributed by atoms with Gasteiger partial charge in [-0.1, -0.05) is 19.1 Å². The first-order chi connectivity index (χ1) is 14.7. The van der Waals surface area contributed by atoms with Crippen LogP contribution in [0.2, 0.25) is 0 Å². The Kier molecular flexibility index (Phi) is 6.53. The van der Waals surface area contributed by atoms with E-state index in [0.29, 0.717) is 13.1 Å². The van der Waals surface area contributed by atoms with Gasteiger partial charge in [0.05, 0.1) is 11.0 Å². The third-order valence-corrected chi connectivity index (χ3v) is 5.53. The zero-order valence-electron chi connectivity index (χ0n) is 17.5. The summed E-state index contributed by atoms with van der Waals surface area (Å²) in [6.07, 6.45) is 5.32. The molecule has 0 bridgehead atoms. The van der Waals surface area contributed by atoms with Gasteiger partial charge in [0.2, 0.25) is 11.9 Å². The van der Waals surface area contributed by atoms with Crippen molar-refractivity contribution in [3.63, 3.8) is 0 Å². The van der Waals surface area contributed by atoms with E-state index < -0.39 is 0 Å². The van der Waals surface area contributed by atoms with Gasteiger partial charge in [0.25, 0.3) is 0 Å². The second-order valence-electron chi connectivity index (χ2n) is 7.54. The van der Waals surface area contributed by atoms with Crippen molar-refractivity contribution in [2.45, 2.75) is 26.3 Å². The van der Waals surface area contributed by atoms with Crippen LogP contribution in [0.25, 0.3) is 11.0 Å². The average Bonchev–Trinajstić information content (AvgIpc) is 3.15. The topological polar surface area (TPSA) is 79.2 Å². The molecule has 2 aromatic heterocycles. The highest BCUT2D eigenvalue weighted by molar-refractivity contribution is 5.81. The minimum atomic E-state index is 0.0406. The highest BCUT2D eigenvalue weighted by atomic mass is 16.1. The Bertz CT molecular complexity index is 964. The summed E-state index contributed by atoms with van der Waals surface area (Å²) in [5.41, 5.74) is 1.96. The molecule has 0 unspecified atom stereocenters. The Morgan fingerprint density at radius 1 is 1.07 bits per heavy atom. The van der Waals surface area contributed by atoms with E-state index in [0.717, 1.165) is 68.4 Å². The van der Waals surface area contributed by atoms with Crippen molar-refractivity contribution >= 4 is 22.9 Å². The summed E-state index contributed by atoms with van der Waals surface area (Å²) in [5, 5.41) is 3.07. The molecule has 1 fully saturated rings. The van der Waals surface area contributed by atoms with Crippen LogP contribution in [0.15, 0.2) is 42.7 Å². The van der Waals surface area contributed by atoms with Gasteiger partial charge >= 0.3 is 0 Å². The lowest BCUT2D eigenvalue weighted by atomic mass is 10.3. The van der Waals surface area contributed by atoms with Crippen LogP contribution in [0.4, 0.5) is 5.95 Å². The van der Waals surface area contributed by atoms with E-state index in [2.05, 4.69) is 37.0 Å². The average molecular weight is 408 g/mol. The Morgan fingerprint density at radius 3 is 2.60 bits per heavy atom. The van der Waals surface area contributed by atoms with E-state index in [1.807, 2.05) is 34.9 Å². The van der Waals surface area contributed by atoms with Gasteiger partial charge < -0.3 is 14.8 Å². The molecule has 3 aromatic rings. The molecule has 8 heteroatoms. The van der Waals surface area contributed by atoms with Crippen molar-refractivity contribution in [1.29, 1.82) is 0 Å². The number of fused-ring (bicyclic) bond motifs is 1. The molecule has 3 heterocycles. The van der Waals surface area contributed by atoms with Crippen LogP contribution < -0.4 is 10.2 Å². The van der Waals surface area contributed by atoms with Gasteiger partial charge in [-0.25, -0.2) is 15.0 Å². The number of nitrogens with one attached hydrogen (secondary N) is 1. The lowest BCUT2D eigenvalue weighted by Gasteiger charge is -2.34. The van der Waals surface area contributed by atoms with E-state index in [-0.39, 0.29) is 5.91 Å². The van der Waals surface area contributed by atoms with Crippen LogP contribution in [0, 0.1) is 0 Å². The van der Waals surface area contributed by atoms with Crippen molar-refractivity contribution in [1.82, 2.24) is 29.7 Å². The quantitative estimate of drug-likeness (QED) is 0.573. The fourth-order valence-corrected chi connectivity index (χ4v) is 3.93. The summed E-state index contributed by atoms with van der Waals surface area (Å²) in [6.45, 7) is 7.92. The first-order valence-electron chi connectivity index (χ1n) is 10.7. The van der Waals surface area contributed by atoms with Gasteiger partial charge in [-0.2, -0.15) is 0 Å². The van der Waals surface area contributed by atoms with Crippen LogP contribution in [0.3, 0.4) is 0 Å². The number of aromatic nitrogens is 4. The molecule has 1 saturated heterocycles. The highest BCUT2D eigenvalue weighted by Crippen LogP contribution is 2.16. The van der Waals surface area contributed by atoms with E-state index in [9.17, 15) is 4.79 Å². The number of carbonyl (C=O) groups is 1. The number of aryl methyl sites for hydroxylation is 1. The number of nitrogens with zero attached hydrogens (tertiary/aromatic N) is 6. The molecule has 1 aliphatic heterocycles. The number of rotatable bonds is 8. The Hall–Kier alpha value is -3.00. The number of para-hydroxylation sites is 2. The van der Waals surface area contributed by atoms with Gasteiger partial charge in [0, 0.05) is 51.5 Å². The second kappa shape index (κ2) is 9.67. The van der Waals surface area contributed by atoms with Gasteiger partial charge in [-0.05, 0) is 31.2 Å². The van der Waals surface area contributed by atoms with Crippen LogP contribution in [0.5, 0.6) is 0 Å². The summed E-state index contributed by atoms with van der Waals surface area (Å²) < 4.78 is 2.02.